The summed E-state index contributed by atoms with van der Waals surface area (Å²) in [6, 6.07) is 7.33. The van der Waals surface area contributed by atoms with Gasteiger partial charge in [0.25, 0.3) is 0 Å². The summed E-state index contributed by atoms with van der Waals surface area (Å²) >= 11 is 0. The number of carbonyl (C=O) groups excluding carboxylic acids is 2. The monoisotopic (exact) mass is 363 g/mol. The van der Waals surface area contributed by atoms with Crippen LogP contribution in [0.25, 0.3) is 0 Å². The highest BCUT2D eigenvalue weighted by atomic mass is 16.5. The average molecular weight is 364 g/mol. The molecule has 1 rings (SSSR count). The maximum absolute atomic E-state index is 12.0. The third-order valence-corrected chi connectivity index (χ3v) is 4.06. The van der Waals surface area contributed by atoms with Crippen LogP contribution in [0.4, 0.5) is 5.69 Å². The molecule has 6 heteroatoms. The summed E-state index contributed by atoms with van der Waals surface area (Å²) < 4.78 is 5.51. The van der Waals surface area contributed by atoms with Gasteiger partial charge in [-0.1, -0.05) is 20.8 Å². The van der Waals surface area contributed by atoms with Crippen LogP contribution in [0.2, 0.25) is 0 Å². The van der Waals surface area contributed by atoms with E-state index in [9.17, 15) is 9.59 Å². The Hall–Kier alpha value is -2.08. The Morgan fingerprint density at radius 1 is 1.00 bits per heavy atom. The second-order valence-corrected chi connectivity index (χ2v) is 6.15. The molecular formula is C20H33N3O3. The van der Waals surface area contributed by atoms with Gasteiger partial charge in [0.15, 0.2) is 0 Å². The number of nitrogens with zero attached hydrogens (tertiary/aromatic N) is 1. The van der Waals surface area contributed by atoms with Crippen molar-refractivity contribution < 1.29 is 14.3 Å². The van der Waals surface area contributed by atoms with Gasteiger partial charge in [0, 0.05) is 31.6 Å². The Bertz CT molecular complexity index is 528. The van der Waals surface area contributed by atoms with E-state index in [2.05, 4.69) is 36.3 Å². The van der Waals surface area contributed by atoms with Gasteiger partial charge in [0.05, 0.1) is 6.61 Å². The van der Waals surface area contributed by atoms with E-state index in [0.717, 1.165) is 37.5 Å². The Morgan fingerprint density at radius 3 is 2.27 bits per heavy atom. The van der Waals surface area contributed by atoms with Crippen molar-refractivity contribution in [1.29, 1.82) is 0 Å². The first kappa shape index (κ1) is 22.0. The maximum atomic E-state index is 12.0. The zero-order valence-electron chi connectivity index (χ0n) is 16.3. The van der Waals surface area contributed by atoms with Gasteiger partial charge in [0.2, 0.25) is 11.8 Å². The first-order valence-electron chi connectivity index (χ1n) is 9.60. The number of ether oxygens (including phenoxy) is 1. The van der Waals surface area contributed by atoms with E-state index in [-0.39, 0.29) is 11.8 Å². The zero-order chi connectivity index (χ0) is 19.2. The lowest BCUT2D eigenvalue weighted by Gasteiger charge is -2.17. The molecule has 0 radical (unpaired) electrons. The molecule has 2 N–H and O–H groups in total. The van der Waals surface area contributed by atoms with Gasteiger partial charge in [0.1, 0.15) is 5.75 Å². The number of anilines is 1. The van der Waals surface area contributed by atoms with Gasteiger partial charge in [-0.15, -0.1) is 0 Å². The van der Waals surface area contributed by atoms with E-state index in [0.29, 0.717) is 32.4 Å². The largest absolute Gasteiger partial charge is 0.494 e. The Kier molecular flexibility index (Phi) is 11.1. The number of carbonyl (C=O) groups is 2. The van der Waals surface area contributed by atoms with Gasteiger partial charge in [-0.25, -0.2) is 0 Å². The molecular weight excluding hydrogens is 330 g/mol. The molecule has 1 aromatic rings. The van der Waals surface area contributed by atoms with Crippen LogP contribution in [0.5, 0.6) is 5.75 Å². The summed E-state index contributed by atoms with van der Waals surface area (Å²) in [6.07, 6.45) is 2.20. The lowest BCUT2D eigenvalue weighted by Crippen LogP contribution is -2.34. The average Bonchev–Trinajstić information content (AvgIpc) is 2.64. The molecule has 26 heavy (non-hydrogen) atoms. The smallest absolute Gasteiger partial charge is 0.224 e. The summed E-state index contributed by atoms with van der Waals surface area (Å²) in [5.41, 5.74) is 0.738. The fourth-order valence-corrected chi connectivity index (χ4v) is 2.47. The number of benzene rings is 1. The maximum Gasteiger partial charge on any atom is 0.224 e. The van der Waals surface area contributed by atoms with Gasteiger partial charge >= 0.3 is 0 Å². The minimum Gasteiger partial charge on any atom is -0.494 e. The van der Waals surface area contributed by atoms with Crippen LogP contribution in [-0.2, 0) is 9.59 Å². The van der Waals surface area contributed by atoms with Crippen molar-refractivity contribution in [2.24, 2.45) is 0 Å². The predicted octanol–water partition coefficient (Wildman–Crippen LogP) is 3.04. The molecule has 0 atom stereocenters. The minimum atomic E-state index is -0.0804. The van der Waals surface area contributed by atoms with Gasteiger partial charge in [-0.05, 0) is 50.2 Å². The molecule has 0 saturated carbocycles. The van der Waals surface area contributed by atoms with Crippen LogP contribution in [0.1, 0.15) is 46.5 Å². The standard InChI is InChI=1S/C20H33N3O3/c1-4-16-26-18-12-10-17(11-13-18)22-20(25)9-7-8-19(24)21-14-15-23(5-2)6-3/h10-13H,4-9,14-16H2,1-3H3,(H,21,24)(H,22,25). The van der Waals surface area contributed by atoms with Crippen LogP contribution >= 0.6 is 0 Å². The first-order chi connectivity index (χ1) is 12.6. The lowest BCUT2D eigenvalue weighted by atomic mass is 10.2. The van der Waals surface area contributed by atoms with E-state index >= 15 is 0 Å². The topological polar surface area (TPSA) is 70.7 Å². The SMILES string of the molecule is CCCOc1ccc(NC(=O)CCCC(=O)NCCN(CC)CC)cc1. The Balaban J connectivity index is 2.18. The molecule has 0 aliphatic carbocycles. The molecule has 2 amide bonds. The van der Waals surface area contributed by atoms with Crippen molar-refractivity contribution in [3.05, 3.63) is 24.3 Å². The molecule has 0 aliphatic rings. The molecule has 0 bridgehead atoms. The Labute approximate surface area is 157 Å². The quantitative estimate of drug-likeness (QED) is 0.565. The highest BCUT2D eigenvalue weighted by Crippen LogP contribution is 2.16. The van der Waals surface area contributed by atoms with Crippen LogP contribution in [0, 0.1) is 0 Å². The van der Waals surface area contributed by atoms with Crippen molar-refractivity contribution in [3.63, 3.8) is 0 Å². The van der Waals surface area contributed by atoms with E-state index in [4.69, 9.17) is 4.74 Å². The first-order valence-corrected chi connectivity index (χ1v) is 9.60. The van der Waals surface area contributed by atoms with Crippen molar-refractivity contribution in [1.82, 2.24) is 10.2 Å². The second-order valence-electron chi connectivity index (χ2n) is 6.15. The summed E-state index contributed by atoms with van der Waals surface area (Å²) in [5, 5.41) is 5.74. The van der Waals surface area contributed by atoms with E-state index in [1.807, 2.05) is 24.3 Å². The van der Waals surface area contributed by atoms with Crippen LogP contribution in [0.15, 0.2) is 24.3 Å². The molecule has 0 unspecified atom stereocenters. The summed E-state index contributed by atoms with van der Waals surface area (Å²) in [4.78, 5) is 26.0. The summed E-state index contributed by atoms with van der Waals surface area (Å²) in [7, 11) is 0. The molecule has 0 spiro atoms. The second kappa shape index (κ2) is 13.2. The number of nitrogens with one attached hydrogen (secondary N) is 2. The molecule has 0 fully saturated rings. The molecule has 146 valence electrons. The minimum absolute atomic E-state index is 0.00221. The third-order valence-electron chi connectivity index (χ3n) is 4.06. The van der Waals surface area contributed by atoms with Gasteiger partial charge in [-0.2, -0.15) is 0 Å². The van der Waals surface area contributed by atoms with E-state index in [1.54, 1.807) is 0 Å². The third kappa shape index (κ3) is 9.42. The van der Waals surface area contributed by atoms with Crippen molar-refractivity contribution in [3.8, 4) is 5.75 Å². The molecule has 0 aliphatic heterocycles. The highest BCUT2D eigenvalue weighted by molar-refractivity contribution is 5.91. The fourth-order valence-electron chi connectivity index (χ4n) is 2.47. The molecule has 0 saturated heterocycles. The van der Waals surface area contributed by atoms with E-state index in [1.165, 1.54) is 0 Å². The van der Waals surface area contributed by atoms with Crippen LogP contribution in [0.3, 0.4) is 0 Å². The van der Waals surface area contributed by atoms with Crippen molar-refractivity contribution in [2.75, 3.05) is 38.1 Å². The van der Waals surface area contributed by atoms with Crippen molar-refractivity contribution >= 4 is 17.5 Å². The fraction of sp³-hybridized carbons (Fsp3) is 0.600. The number of hydrogen-bond acceptors (Lipinski definition) is 4. The summed E-state index contributed by atoms with van der Waals surface area (Å²) in [5.74, 6) is 0.719. The van der Waals surface area contributed by atoms with Crippen LogP contribution < -0.4 is 15.4 Å². The molecule has 0 aromatic heterocycles. The molecule has 6 nitrogen and oxygen atoms in total. The number of rotatable bonds is 13. The normalized spacial score (nSPS) is 10.6. The predicted molar refractivity (Wildman–Crippen MR) is 106 cm³/mol. The zero-order valence-corrected chi connectivity index (χ0v) is 16.3. The number of likely N-dealkylation sites (N-methyl/N-ethyl adjacent to an activating group) is 1. The van der Waals surface area contributed by atoms with Crippen LogP contribution in [-0.4, -0.2) is 49.5 Å². The molecule has 1 aromatic carbocycles. The molecule has 0 heterocycles. The highest BCUT2D eigenvalue weighted by Gasteiger charge is 2.06. The Morgan fingerprint density at radius 2 is 1.65 bits per heavy atom. The van der Waals surface area contributed by atoms with Gasteiger partial charge in [-0.3, -0.25) is 9.59 Å². The number of hydrogen-bond donors (Lipinski definition) is 2. The number of amides is 2. The summed E-state index contributed by atoms with van der Waals surface area (Å²) in [6.45, 7) is 10.4. The van der Waals surface area contributed by atoms with Crippen molar-refractivity contribution in [2.45, 2.75) is 46.5 Å². The van der Waals surface area contributed by atoms with E-state index < -0.39 is 0 Å². The van der Waals surface area contributed by atoms with Gasteiger partial charge < -0.3 is 20.3 Å². The lowest BCUT2D eigenvalue weighted by molar-refractivity contribution is -0.121.